The zero-order valence-corrected chi connectivity index (χ0v) is 16.2. The Bertz CT molecular complexity index is 327. The normalized spacial score (nSPS) is 16.7. The van der Waals surface area contributed by atoms with Crippen molar-refractivity contribution in [1.82, 2.24) is 9.80 Å². The molecule has 0 saturated heterocycles. The van der Waals surface area contributed by atoms with Crippen LogP contribution in [0.4, 0.5) is 0 Å². The maximum atomic E-state index is 6.06. The summed E-state index contributed by atoms with van der Waals surface area (Å²) in [6.07, 6.45) is 2.85. The van der Waals surface area contributed by atoms with Crippen LogP contribution >= 0.6 is 0 Å². The lowest BCUT2D eigenvalue weighted by atomic mass is 10.2. The lowest BCUT2D eigenvalue weighted by Gasteiger charge is -2.32. The fraction of sp³-hybridized carbons (Fsp3) is 0.824. The number of nitrogens with two attached hydrogens (primary N) is 1. The monoisotopic (exact) mass is 314 g/mol. The van der Waals surface area contributed by atoms with Gasteiger partial charge in [-0.05, 0) is 18.4 Å². The molecular weight excluding hydrogens is 276 g/mol. The molecule has 0 aliphatic carbocycles. The van der Waals surface area contributed by atoms with Gasteiger partial charge < -0.3 is 20.3 Å². The summed E-state index contributed by atoms with van der Waals surface area (Å²) in [5.41, 5.74) is 6.06. The van der Waals surface area contributed by atoms with Gasteiger partial charge in [-0.1, -0.05) is 48.5 Å². The van der Waals surface area contributed by atoms with Gasteiger partial charge in [-0.3, -0.25) is 0 Å². The summed E-state index contributed by atoms with van der Waals surface area (Å²) in [7, 11) is 3.92. The first kappa shape index (κ1) is 23.0. The molecule has 0 radical (unpaired) electrons. The van der Waals surface area contributed by atoms with Crippen molar-refractivity contribution in [3.05, 3.63) is 11.9 Å². The summed E-state index contributed by atoms with van der Waals surface area (Å²) in [5.74, 6) is 1.36. The highest BCUT2D eigenvalue weighted by Gasteiger charge is 2.22. The highest BCUT2D eigenvalue weighted by atomic mass is 16.5. The van der Waals surface area contributed by atoms with E-state index in [1.54, 1.807) is 0 Å². The lowest BCUT2D eigenvalue weighted by molar-refractivity contribution is 0.197. The van der Waals surface area contributed by atoms with Gasteiger partial charge in [0.15, 0.2) is 0 Å². The molecule has 5 heteroatoms. The van der Waals surface area contributed by atoms with Crippen LogP contribution in [-0.2, 0) is 4.74 Å². The molecule has 1 unspecified atom stereocenters. The second-order valence-electron chi connectivity index (χ2n) is 5.15. The van der Waals surface area contributed by atoms with Gasteiger partial charge in [0.25, 0.3) is 6.02 Å². The predicted octanol–water partition coefficient (Wildman–Crippen LogP) is 3.48. The molecule has 1 aliphatic rings. The molecule has 132 valence electrons. The van der Waals surface area contributed by atoms with Gasteiger partial charge >= 0.3 is 0 Å². The van der Waals surface area contributed by atoms with Crippen LogP contribution in [0, 0.1) is 5.92 Å². The van der Waals surface area contributed by atoms with Gasteiger partial charge in [-0.2, -0.15) is 4.99 Å². The lowest BCUT2D eigenvalue weighted by Crippen LogP contribution is -2.46. The molecule has 5 nitrogen and oxygen atoms in total. The van der Waals surface area contributed by atoms with Crippen molar-refractivity contribution in [3.63, 3.8) is 0 Å². The number of likely N-dealkylation sites (N-methyl/N-ethyl adjacent to an activating group) is 1. The van der Waals surface area contributed by atoms with E-state index in [0.29, 0.717) is 18.5 Å². The van der Waals surface area contributed by atoms with Gasteiger partial charge in [0.2, 0.25) is 0 Å². The van der Waals surface area contributed by atoms with Crippen molar-refractivity contribution >= 4 is 6.02 Å². The van der Waals surface area contributed by atoms with E-state index in [4.69, 9.17) is 10.5 Å². The first-order valence-electron chi connectivity index (χ1n) is 8.58. The van der Waals surface area contributed by atoms with Crippen molar-refractivity contribution in [2.24, 2.45) is 16.6 Å². The summed E-state index contributed by atoms with van der Waals surface area (Å²) in [5, 5.41) is 0. The standard InChI is InChI=1S/C13H26N4O.2C2H6/c1-6-7-16(4)12-8-11(14)17(5)13(15-12)18-9-10(2)3;2*1-2/h8,10-11H,6-7,9,14H2,1-5H3;2*1-2H3. The molecule has 0 aromatic carbocycles. The SMILES string of the molecule is CC.CC.CCCN(C)C1=CC(N)N(C)C(OCC(C)C)=N1. The Hall–Kier alpha value is -1.23. The Kier molecular flexibility index (Phi) is 14.1. The zero-order valence-electron chi connectivity index (χ0n) is 16.2. The molecule has 1 atom stereocenters. The van der Waals surface area contributed by atoms with E-state index in [1.807, 2.05) is 52.8 Å². The summed E-state index contributed by atoms with van der Waals surface area (Å²) >= 11 is 0. The minimum absolute atomic E-state index is 0.182. The Morgan fingerprint density at radius 2 is 1.86 bits per heavy atom. The molecule has 0 amide bonds. The number of nitrogens with zero attached hydrogens (tertiary/aromatic N) is 3. The first-order chi connectivity index (χ1) is 10.5. The number of hydrogen-bond donors (Lipinski definition) is 1. The summed E-state index contributed by atoms with van der Waals surface area (Å²) in [6.45, 7) is 16.0. The van der Waals surface area contributed by atoms with E-state index in [9.17, 15) is 0 Å². The van der Waals surface area contributed by atoms with Gasteiger partial charge in [0.1, 0.15) is 12.0 Å². The van der Waals surface area contributed by atoms with Crippen LogP contribution in [-0.4, -0.2) is 49.2 Å². The average molecular weight is 315 g/mol. The Labute approximate surface area is 138 Å². The fourth-order valence-corrected chi connectivity index (χ4v) is 1.64. The van der Waals surface area contributed by atoms with Crippen LogP contribution in [0.1, 0.15) is 54.9 Å². The van der Waals surface area contributed by atoms with Crippen molar-refractivity contribution in [2.45, 2.75) is 61.1 Å². The Balaban J connectivity index is 0. The average Bonchev–Trinajstić information content (AvgIpc) is 2.52. The van der Waals surface area contributed by atoms with Crippen LogP contribution in [0.15, 0.2) is 16.9 Å². The molecule has 0 saturated carbocycles. The van der Waals surface area contributed by atoms with Crippen LogP contribution in [0.2, 0.25) is 0 Å². The molecule has 0 fully saturated rings. The molecule has 0 bridgehead atoms. The van der Waals surface area contributed by atoms with Gasteiger partial charge in [-0.15, -0.1) is 0 Å². The maximum Gasteiger partial charge on any atom is 0.295 e. The third-order valence-corrected chi connectivity index (χ3v) is 2.77. The van der Waals surface area contributed by atoms with Crippen molar-refractivity contribution < 1.29 is 4.74 Å². The fourth-order valence-electron chi connectivity index (χ4n) is 1.64. The predicted molar refractivity (Wildman–Crippen MR) is 97.7 cm³/mol. The summed E-state index contributed by atoms with van der Waals surface area (Å²) in [4.78, 5) is 8.49. The molecule has 22 heavy (non-hydrogen) atoms. The molecule has 0 aromatic rings. The topological polar surface area (TPSA) is 54.1 Å². The molecule has 1 rings (SSSR count). The highest BCUT2D eigenvalue weighted by Crippen LogP contribution is 2.14. The van der Waals surface area contributed by atoms with Crippen LogP contribution in [0.5, 0.6) is 0 Å². The number of amidine groups is 1. The van der Waals surface area contributed by atoms with Crippen LogP contribution in [0.3, 0.4) is 0 Å². The van der Waals surface area contributed by atoms with Gasteiger partial charge in [-0.25, -0.2) is 0 Å². The summed E-state index contributed by atoms with van der Waals surface area (Å²) < 4.78 is 5.71. The highest BCUT2D eigenvalue weighted by molar-refractivity contribution is 5.76. The molecular formula is C17H38N4O. The molecule has 1 aliphatic heterocycles. The van der Waals surface area contributed by atoms with E-state index in [2.05, 4.69) is 30.7 Å². The minimum Gasteiger partial charge on any atom is -0.465 e. The molecule has 0 spiro atoms. The van der Waals surface area contributed by atoms with Crippen molar-refractivity contribution in [2.75, 3.05) is 27.2 Å². The second-order valence-corrected chi connectivity index (χ2v) is 5.15. The third kappa shape index (κ3) is 8.27. The smallest absolute Gasteiger partial charge is 0.295 e. The number of aliphatic imine (C=N–C) groups is 1. The Morgan fingerprint density at radius 3 is 2.32 bits per heavy atom. The number of hydrogen-bond acceptors (Lipinski definition) is 5. The van der Waals surface area contributed by atoms with E-state index in [1.165, 1.54) is 0 Å². The third-order valence-electron chi connectivity index (χ3n) is 2.77. The largest absolute Gasteiger partial charge is 0.465 e. The minimum atomic E-state index is -0.182. The quantitative estimate of drug-likeness (QED) is 0.844. The summed E-state index contributed by atoms with van der Waals surface area (Å²) in [6, 6.07) is 0.608. The number of ether oxygens (including phenoxy) is 1. The van der Waals surface area contributed by atoms with E-state index in [-0.39, 0.29) is 6.17 Å². The van der Waals surface area contributed by atoms with Crippen molar-refractivity contribution in [1.29, 1.82) is 0 Å². The van der Waals surface area contributed by atoms with Crippen LogP contribution in [0.25, 0.3) is 0 Å². The Morgan fingerprint density at radius 1 is 1.32 bits per heavy atom. The molecule has 1 heterocycles. The maximum absolute atomic E-state index is 6.06. The second kappa shape index (κ2) is 13.4. The zero-order chi connectivity index (χ0) is 17.7. The molecule has 0 aromatic heterocycles. The van der Waals surface area contributed by atoms with E-state index in [0.717, 1.165) is 18.8 Å². The van der Waals surface area contributed by atoms with Gasteiger partial charge in [0, 0.05) is 20.6 Å². The van der Waals surface area contributed by atoms with E-state index >= 15 is 0 Å². The van der Waals surface area contributed by atoms with E-state index < -0.39 is 0 Å². The number of rotatable bonds is 5. The van der Waals surface area contributed by atoms with Gasteiger partial charge in [0.05, 0.1) is 6.61 Å². The molecule has 2 N–H and O–H groups in total. The van der Waals surface area contributed by atoms with Crippen LogP contribution < -0.4 is 5.73 Å². The van der Waals surface area contributed by atoms with Crippen molar-refractivity contribution in [3.8, 4) is 0 Å². The first-order valence-corrected chi connectivity index (χ1v) is 8.58.